The predicted molar refractivity (Wildman–Crippen MR) is 114 cm³/mol. The molecular weight excluding hydrogens is 396 g/mol. The van der Waals surface area contributed by atoms with Crippen LogP contribution in [0.4, 0.5) is 5.82 Å². The number of aromatic nitrogens is 2. The van der Waals surface area contributed by atoms with Gasteiger partial charge in [-0.1, -0.05) is 30.0 Å². The molecule has 1 N–H and O–H groups in total. The van der Waals surface area contributed by atoms with Crippen LogP contribution in [0.15, 0.2) is 34.1 Å². The fourth-order valence-corrected chi connectivity index (χ4v) is 4.57. The Hall–Kier alpha value is -2.23. The molecule has 2 aliphatic heterocycles. The van der Waals surface area contributed by atoms with Gasteiger partial charge < -0.3 is 10.1 Å². The number of ether oxygens (including phenoxy) is 1. The molecule has 2 saturated heterocycles. The van der Waals surface area contributed by atoms with Gasteiger partial charge in [-0.15, -0.1) is 0 Å². The molecule has 2 aromatic rings. The SMILES string of the molecule is CCNc1nc2ccccn2c(=O)c1/C=C1\SC(=S)N(C[C@@H]2CCCO2)C1=O. The lowest BCUT2D eigenvalue weighted by atomic mass is 10.2. The fourth-order valence-electron chi connectivity index (χ4n) is 3.32. The highest BCUT2D eigenvalue weighted by Crippen LogP contribution is 2.34. The molecule has 0 saturated carbocycles. The van der Waals surface area contributed by atoms with Crippen molar-refractivity contribution in [3.05, 3.63) is 45.2 Å². The maximum Gasteiger partial charge on any atom is 0.267 e. The summed E-state index contributed by atoms with van der Waals surface area (Å²) in [6.07, 6.45) is 5.21. The minimum absolute atomic E-state index is 0.0205. The Balaban J connectivity index is 1.71. The monoisotopic (exact) mass is 416 g/mol. The maximum atomic E-state index is 13.0. The second kappa shape index (κ2) is 8.02. The molecule has 0 unspecified atom stereocenters. The number of anilines is 1. The lowest BCUT2D eigenvalue weighted by Gasteiger charge is -2.18. The van der Waals surface area contributed by atoms with Crippen molar-refractivity contribution in [2.45, 2.75) is 25.9 Å². The summed E-state index contributed by atoms with van der Waals surface area (Å²) in [6, 6.07) is 5.37. The van der Waals surface area contributed by atoms with Crippen LogP contribution < -0.4 is 10.9 Å². The Kier molecular flexibility index (Phi) is 5.47. The van der Waals surface area contributed by atoms with Crippen molar-refractivity contribution in [3.63, 3.8) is 0 Å². The average Bonchev–Trinajstić information content (AvgIpc) is 3.29. The predicted octanol–water partition coefficient (Wildman–Crippen LogP) is 2.51. The number of nitrogens with zero attached hydrogens (tertiary/aromatic N) is 3. The molecule has 7 nitrogen and oxygen atoms in total. The normalized spacial score (nSPS) is 21.2. The molecule has 2 fully saturated rings. The van der Waals surface area contributed by atoms with Crippen LogP contribution in [0.25, 0.3) is 11.7 Å². The van der Waals surface area contributed by atoms with Crippen molar-refractivity contribution in [1.29, 1.82) is 0 Å². The number of hydrogen-bond acceptors (Lipinski definition) is 7. The smallest absolute Gasteiger partial charge is 0.267 e. The Labute approximate surface area is 171 Å². The molecule has 2 aliphatic rings. The zero-order valence-corrected chi connectivity index (χ0v) is 17.0. The number of thioether (sulfide) groups is 1. The Morgan fingerprint density at radius 1 is 1.43 bits per heavy atom. The van der Waals surface area contributed by atoms with E-state index in [0.29, 0.717) is 39.3 Å². The summed E-state index contributed by atoms with van der Waals surface area (Å²) < 4.78 is 7.59. The second-order valence-electron chi connectivity index (χ2n) is 6.57. The van der Waals surface area contributed by atoms with Crippen molar-refractivity contribution < 1.29 is 9.53 Å². The third-order valence-electron chi connectivity index (χ3n) is 4.67. The first kappa shape index (κ1) is 19.1. The van der Waals surface area contributed by atoms with Crippen LogP contribution in [0.3, 0.4) is 0 Å². The number of carbonyl (C=O) groups is 1. The molecule has 0 spiro atoms. The zero-order chi connectivity index (χ0) is 19.7. The van der Waals surface area contributed by atoms with Crippen LogP contribution in [0.5, 0.6) is 0 Å². The van der Waals surface area contributed by atoms with E-state index < -0.39 is 0 Å². The summed E-state index contributed by atoms with van der Waals surface area (Å²) in [7, 11) is 0. The third kappa shape index (κ3) is 3.57. The van der Waals surface area contributed by atoms with Crippen molar-refractivity contribution in [1.82, 2.24) is 14.3 Å². The third-order valence-corrected chi connectivity index (χ3v) is 6.05. The molecule has 0 aromatic carbocycles. The van der Waals surface area contributed by atoms with E-state index in [9.17, 15) is 9.59 Å². The van der Waals surface area contributed by atoms with E-state index in [1.165, 1.54) is 16.2 Å². The number of rotatable bonds is 5. The summed E-state index contributed by atoms with van der Waals surface area (Å²) in [5.41, 5.74) is 0.667. The number of nitrogens with one attached hydrogen (secondary N) is 1. The summed E-state index contributed by atoms with van der Waals surface area (Å²) in [4.78, 5) is 32.4. The van der Waals surface area contributed by atoms with Crippen LogP contribution in [0.1, 0.15) is 25.3 Å². The van der Waals surface area contributed by atoms with Gasteiger partial charge in [0.25, 0.3) is 11.5 Å². The quantitative estimate of drug-likeness (QED) is 0.593. The fraction of sp³-hybridized carbons (Fsp3) is 0.368. The molecule has 0 radical (unpaired) electrons. The highest BCUT2D eigenvalue weighted by atomic mass is 32.2. The molecule has 146 valence electrons. The van der Waals surface area contributed by atoms with E-state index in [-0.39, 0.29) is 17.6 Å². The van der Waals surface area contributed by atoms with Crippen molar-refractivity contribution in [2.75, 3.05) is 25.0 Å². The highest BCUT2D eigenvalue weighted by molar-refractivity contribution is 8.26. The van der Waals surface area contributed by atoms with E-state index in [2.05, 4.69) is 10.3 Å². The molecule has 1 amide bonds. The van der Waals surface area contributed by atoms with Crippen molar-refractivity contribution in [3.8, 4) is 0 Å². The first-order chi connectivity index (χ1) is 13.6. The standard InChI is InChI=1S/C19H20N4O3S2/c1-2-20-16-13(17(24)22-8-4-3-7-15(22)21-16)10-14-18(25)23(19(27)28-14)11-12-6-5-9-26-12/h3-4,7-8,10,12,20H,2,5-6,9,11H2,1H3/b14-10-/t12-/m0/s1. The van der Waals surface area contributed by atoms with Crippen molar-refractivity contribution >= 4 is 51.7 Å². The van der Waals surface area contributed by atoms with Crippen LogP contribution in [-0.2, 0) is 9.53 Å². The van der Waals surface area contributed by atoms with E-state index in [0.717, 1.165) is 19.4 Å². The second-order valence-corrected chi connectivity index (χ2v) is 8.24. The lowest BCUT2D eigenvalue weighted by molar-refractivity contribution is -0.123. The van der Waals surface area contributed by atoms with Gasteiger partial charge in [0.05, 0.1) is 23.1 Å². The van der Waals surface area contributed by atoms with Gasteiger partial charge in [0.15, 0.2) is 0 Å². The Bertz CT molecular complexity index is 1030. The Morgan fingerprint density at radius 3 is 3.04 bits per heavy atom. The molecule has 4 rings (SSSR count). The van der Waals surface area contributed by atoms with E-state index in [1.807, 2.05) is 13.0 Å². The van der Waals surface area contributed by atoms with Gasteiger partial charge in [0, 0.05) is 19.3 Å². The molecule has 0 bridgehead atoms. The maximum absolute atomic E-state index is 13.0. The number of pyridine rings is 1. The number of fused-ring (bicyclic) bond motifs is 1. The van der Waals surface area contributed by atoms with Gasteiger partial charge >= 0.3 is 0 Å². The molecule has 9 heteroatoms. The number of thiocarbonyl (C=S) groups is 1. The van der Waals surface area contributed by atoms with E-state index >= 15 is 0 Å². The average molecular weight is 417 g/mol. The molecule has 1 atom stereocenters. The van der Waals surface area contributed by atoms with Gasteiger partial charge in [0.2, 0.25) is 0 Å². The molecular formula is C19H20N4O3S2. The Morgan fingerprint density at radius 2 is 2.29 bits per heavy atom. The van der Waals surface area contributed by atoms with Crippen LogP contribution in [0, 0.1) is 0 Å². The van der Waals surface area contributed by atoms with E-state index in [4.69, 9.17) is 17.0 Å². The molecule has 0 aliphatic carbocycles. The zero-order valence-electron chi connectivity index (χ0n) is 15.4. The summed E-state index contributed by atoms with van der Waals surface area (Å²) >= 11 is 6.61. The minimum Gasteiger partial charge on any atom is -0.376 e. The van der Waals surface area contributed by atoms with Crippen LogP contribution >= 0.6 is 24.0 Å². The number of carbonyl (C=O) groups excluding carboxylic acids is 1. The summed E-state index contributed by atoms with van der Waals surface area (Å²) in [6.45, 7) is 3.72. The topological polar surface area (TPSA) is 75.9 Å². The molecule has 2 aromatic heterocycles. The minimum atomic E-state index is -0.231. The van der Waals surface area contributed by atoms with Crippen molar-refractivity contribution in [2.24, 2.45) is 0 Å². The van der Waals surface area contributed by atoms with Gasteiger partial charge in [-0.3, -0.25) is 18.9 Å². The molecule has 4 heterocycles. The van der Waals surface area contributed by atoms with E-state index in [1.54, 1.807) is 29.3 Å². The van der Waals surface area contributed by atoms with Gasteiger partial charge in [-0.2, -0.15) is 0 Å². The first-order valence-electron chi connectivity index (χ1n) is 9.20. The lowest BCUT2D eigenvalue weighted by Crippen LogP contribution is -2.35. The summed E-state index contributed by atoms with van der Waals surface area (Å²) in [5.74, 6) is 0.272. The van der Waals surface area contributed by atoms with Gasteiger partial charge in [0.1, 0.15) is 15.8 Å². The summed E-state index contributed by atoms with van der Waals surface area (Å²) in [5, 5.41) is 3.12. The largest absolute Gasteiger partial charge is 0.376 e. The molecule has 28 heavy (non-hydrogen) atoms. The van der Waals surface area contributed by atoms with Crippen LogP contribution in [0.2, 0.25) is 0 Å². The number of hydrogen-bond donors (Lipinski definition) is 1. The number of amides is 1. The van der Waals surface area contributed by atoms with Crippen LogP contribution in [-0.4, -0.2) is 50.3 Å². The van der Waals surface area contributed by atoms with Gasteiger partial charge in [-0.05, 0) is 38.0 Å². The first-order valence-corrected chi connectivity index (χ1v) is 10.4. The highest BCUT2D eigenvalue weighted by Gasteiger charge is 2.35. The van der Waals surface area contributed by atoms with Gasteiger partial charge in [-0.25, -0.2) is 4.98 Å².